The lowest BCUT2D eigenvalue weighted by Crippen LogP contribution is -2.57. The van der Waals surface area contributed by atoms with Crippen LogP contribution in [0.25, 0.3) is 0 Å². The molecular formula is C24H36N4O3. The molecule has 31 heavy (non-hydrogen) atoms. The molecule has 0 spiro atoms. The van der Waals surface area contributed by atoms with Crippen LogP contribution >= 0.6 is 0 Å². The molecular weight excluding hydrogens is 392 g/mol. The molecule has 0 unspecified atom stereocenters. The van der Waals surface area contributed by atoms with E-state index in [1.807, 2.05) is 32.9 Å². The van der Waals surface area contributed by atoms with Gasteiger partial charge in [-0.25, -0.2) is 0 Å². The smallest absolute Gasteiger partial charge is 0.246 e. The zero-order chi connectivity index (χ0) is 22.7. The summed E-state index contributed by atoms with van der Waals surface area (Å²) in [7, 11) is 0. The highest BCUT2D eigenvalue weighted by atomic mass is 16.2. The van der Waals surface area contributed by atoms with E-state index in [9.17, 15) is 14.4 Å². The molecule has 1 aliphatic heterocycles. The lowest BCUT2D eigenvalue weighted by Gasteiger charge is -2.32. The number of carbonyl (C=O) groups excluding carboxylic acids is 3. The van der Waals surface area contributed by atoms with Gasteiger partial charge in [0.2, 0.25) is 17.7 Å². The van der Waals surface area contributed by atoms with Crippen LogP contribution < -0.4 is 16.4 Å². The fourth-order valence-electron chi connectivity index (χ4n) is 4.69. The van der Waals surface area contributed by atoms with Crippen LogP contribution in [0.5, 0.6) is 0 Å². The average molecular weight is 429 g/mol. The minimum absolute atomic E-state index is 0.0241. The van der Waals surface area contributed by atoms with Crippen molar-refractivity contribution in [1.29, 1.82) is 0 Å². The number of carbonyl (C=O) groups is 3. The van der Waals surface area contributed by atoms with Crippen LogP contribution in [-0.2, 0) is 20.8 Å². The van der Waals surface area contributed by atoms with Gasteiger partial charge in [-0.15, -0.1) is 0 Å². The second kappa shape index (κ2) is 9.81. The molecule has 0 bridgehead atoms. The van der Waals surface area contributed by atoms with E-state index in [-0.39, 0.29) is 35.6 Å². The maximum Gasteiger partial charge on any atom is 0.246 e. The topological polar surface area (TPSA) is 105 Å². The quantitative estimate of drug-likeness (QED) is 0.644. The number of aryl methyl sites for hydroxylation is 1. The minimum atomic E-state index is -0.700. The van der Waals surface area contributed by atoms with Gasteiger partial charge in [-0.3, -0.25) is 14.4 Å². The summed E-state index contributed by atoms with van der Waals surface area (Å²) < 4.78 is 0. The Morgan fingerprint density at radius 2 is 1.87 bits per heavy atom. The number of benzene rings is 1. The molecule has 1 heterocycles. The van der Waals surface area contributed by atoms with Crippen LogP contribution in [0.1, 0.15) is 64.1 Å². The maximum absolute atomic E-state index is 13.4. The summed E-state index contributed by atoms with van der Waals surface area (Å²) in [5, 5.41) is 5.98. The number of nitrogens with zero attached hydrogens (tertiary/aromatic N) is 1. The molecule has 7 heteroatoms. The van der Waals surface area contributed by atoms with E-state index >= 15 is 0 Å². The van der Waals surface area contributed by atoms with Gasteiger partial charge in [0.1, 0.15) is 12.1 Å². The number of likely N-dealkylation sites (tertiary alicyclic amines) is 1. The molecule has 4 N–H and O–H groups in total. The van der Waals surface area contributed by atoms with Gasteiger partial charge in [-0.05, 0) is 55.6 Å². The molecule has 1 saturated heterocycles. The minimum Gasteiger partial charge on any atom is -0.347 e. The predicted molar refractivity (Wildman–Crippen MR) is 120 cm³/mol. The Hall–Kier alpha value is -2.41. The predicted octanol–water partition coefficient (Wildman–Crippen LogP) is 1.91. The molecule has 1 aliphatic carbocycles. The molecule has 1 fully saturated rings. The first-order valence-corrected chi connectivity index (χ1v) is 11.4. The zero-order valence-electron chi connectivity index (χ0n) is 19.1. The van der Waals surface area contributed by atoms with Gasteiger partial charge in [-0.1, -0.05) is 45.0 Å². The molecule has 2 aliphatic rings. The van der Waals surface area contributed by atoms with E-state index in [1.54, 1.807) is 11.8 Å². The molecule has 170 valence electrons. The Morgan fingerprint density at radius 3 is 2.55 bits per heavy atom. The van der Waals surface area contributed by atoms with Crippen LogP contribution in [0.15, 0.2) is 24.3 Å². The van der Waals surface area contributed by atoms with E-state index in [0.717, 1.165) is 19.3 Å². The molecule has 1 aromatic carbocycles. The number of amides is 3. The third-order valence-corrected chi connectivity index (χ3v) is 6.43. The van der Waals surface area contributed by atoms with E-state index < -0.39 is 18.1 Å². The fourth-order valence-corrected chi connectivity index (χ4v) is 4.69. The first-order chi connectivity index (χ1) is 14.7. The Bertz CT molecular complexity index is 823. The van der Waals surface area contributed by atoms with Crippen molar-refractivity contribution in [2.45, 2.75) is 77.5 Å². The number of hydrogen-bond donors (Lipinski definition) is 3. The first kappa shape index (κ1) is 23.3. The fraction of sp³-hybridized carbons (Fsp3) is 0.625. The summed E-state index contributed by atoms with van der Waals surface area (Å²) in [4.78, 5) is 40.5. The highest BCUT2D eigenvalue weighted by molar-refractivity contribution is 5.93. The molecule has 0 saturated carbocycles. The highest BCUT2D eigenvalue weighted by Gasteiger charge is 2.42. The molecule has 0 aromatic heterocycles. The van der Waals surface area contributed by atoms with E-state index in [2.05, 4.69) is 22.8 Å². The Morgan fingerprint density at radius 1 is 1.16 bits per heavy atom. The van der Waals surface area contributed by atoms with Crippen molar-refractivity contribution in [3.63, 3.8) is 0 Å². The summed E-state index contributed by atoms with van der Waals surface area (Å²) in [5.41, 5.74) is 8.14. The number of rotatable bonds is 6. The summed E-state index contributed by atoms with van der Waals surface area (Å²) in [6, 6.07) is 6.30. The summed E-state index contributed by atoms with van der Waals surface area (Å²) in [5.74, 6) is -0.576. The van der Waals surface area contributed by atoms with Gasteiger partial charge in [0.05, 0.1) is 12.1 Å². The van der Waals surface area contributed by atoms with Crippen LogP contribution in [0.4, 0.5) is 0 Å². The average Bonchev–Trinajstić information content (AvgIpc) is 3.13. The van der Waals surface area contributed by atoms with E-state index in [1.165, 1.54) is 11.1 Å². The van der Waals surface area contributed by atoms with Crippen molar-refractivity contribution in [3.05, 3.63) is 35.4 Å². The van der Waals surface area contributed by atoms with Crippen molar-refractivity contribution >= 4 is 17.7 Å². The monoisotopic (exact) mass is 428 g/mol. The SMILES string of the molecule is CC(C)[C@H](NC(=O)[C@H](C)N)C(=O)N1C[C@@H](C)C[C@H]1C(=O)N[C@@H]1CCCc2ccccc21. The van der Waals surface area contributed by atoms with Crippen LogP contribution in [0.2, 0.25) is 0 Å². The van der Waals surface area contributed by atoms with Gasteiger partial charge >= 0.3 is 0 Å². The largest absolute Gasteiger partial charge is 0.347 e. The van der Waals surface area contributed by atoms with Crippen LogP contribution in [0, 0.1) is 11.8 Å². The normalized spacial score (nSPS) is 25.0. The Labute approximate surface area is 185 Å². The third kappa shape index (κ3) is 5.26. The lowest BCUT2D eigenvalue weighted by molar-refractivity contribution is -0.142. The molecule has 5 atom stereocenters. The van der Waals surface area contributed by atoms with Gasteiger partial charge in [-0.2, -0.15) is 0 Å². The van der Waals surface area contributed by atoms with Crippen molar-refractivity contribution in [2.24, 2.45) is 17.6 Å². The summed E-state index contributed by atoms with van der Waals surface area (Å²) in [6.07, 6.45) is 3.59. The zero-order valence-corrected chi connectivity index (χ0v) is 19.1. The van der Waals surface area contributed by atoms with Crippen molar-refractivity contribution in [1.82, 2.24) is 15.5 Å². The number of fused-ring (bicyclic) bond motifs is 1. The highest BCUT2D eigenvalue weighted by Crippen LogP contribution is 2.31. The molecule has 7 nitrogen and oxygen atoms in total. The molecule has 3 rings (SSSR count). The van der Waals surface area contributed by atoms with Crippen molar-refractivity contribution in [3.8, 4) is 0 Å². The van der Waals surface area contributed by atoms with Gasteiger partial charge in [0, 0.05) is 6.54 Å². The maximum atomic E-state index is 13.4. The third-order valence-electron chi connectivity index (χ3n) is 6.43. The standard InChI is InChI=1S/C24H36N4O3/c1-14(2)21(27-22(29)16(4)25)24(31)28-13-15(3)12-20(28)23(30)26-19-11-7-9-17-8-5-6-10-18(17)19/h5-6,8,10,14-16,19-21H,7,9,11-13,25H2,1-4H3,(H,26,30)(H,27,29)/t15-,16-,19+,20-,21-/m0/s1. The second-order valence-electron chi connectivity index (χ2n) is 9.52. The van der Waals surface area contributed by atoms with Gasteiger partial charge in [0.25, 0.3) is 0 Å². The molecule has 0 radical (unpaired) electrons. The number of nitrogens with one attached hydrogen (secondary N) is 2. The number of nitrogens with two attached hydrogens (primary N) is 1. The first-order valence-electron chi connectivity index (χ1n) is 11.4. The van der Waals surface area contributed by atoms with Crippen molar-refractivity contribution in [2.75, 3.05) is 6.54 Å². The molecule has 1 aromatic rings. The second-order valence-corrected chi connectivity index (χ2v) is 9.52. The summed E-state index contributed by atoms with van der Waals surface area (Å²) >= 11 is 0. The summed E-state index contributed by atoms with van der Waals surface area (Å²) in [6.45, 7) is 7.92. The Balaban J connectivity index is 1.75. The van der Waals surface area contributed by atoms with Crippen molar-refractivity contribution < 1.29 is 14.4 Å². The van der Waals surface area contributed by atoms with Crippen LogP contribution in [-0.4, -0.2) is 47.3 Å². The Kier molecular flexibility index (Phi) is 7.36. The lowest BCUT2D eigenvalue weighted by atomic mass is 9.87. The van der Waals surface area contributed by atoms with Crippen LogP contribution in [0.3, 0.4) is 0 Å². The number of hydrogen-bond acceptors (Lipinski definition) is 4. The van der Waals surface area contributed by atoms with Gasteiger partial charge in [0.15, 0.2) is 0 Å². The van der Waals surface area contributed by atoms with Gasteiger partial charge < -0.3 is 21.3 Å². The molecule has 3 amide bonds. The van der Waals surface area contributed by atoms with E-state index in [4.69, 9.17) is 5.73 Å². The van der Waals surface area contributed by atoms with E-state index in [0.29, 0.717) is 13.0 Å².